The van der Waals surface area contributed by atoms with Gasteiger partial charge in [0.05, 0.1) is 28.9 Å². The Bertz CT molecular complexity index is 445. The fourth-order valence-corrected chi connectivity index (χ4v) is 2.49. The van der Waals surface area contributed by atoms with E-state index in [0.717, 1.165) is 0 Å². The molecule has 7 heteroatoms. The number of ether oxygens (including phenoxy) is 1. The van der Waals surface area contributed by atoms with Crippen LogP contribution in [0.5, 0.6) is 0 Å². The fraction of sp³-hybridized carbons (Fsp3) is 0.545. The van der Waals surface area contributed by atoms with Gasteiger partial charge in [0.2, 0.25) is 0 Å². The minimum atomic E-state index is -0.247. The quantitative estimate of drug-likeness (QED) is 0.865. The third kappa shape index (κ3) is 2.80. The highest BCUT2D eigenvalue weighted by molar-refractivity contribution is 6.37. The van der Waals surface area contributed by atoms with Crippen LogP contribution in [0.3, 0.4) is 0 Å². The topological polar surface area (TPSA) is 71.6 Å². The SMILES string of the molecule is CC1CN(c2nc(N)c(Cl)cc2Cl)CC(CO)O1. The van der Waals surface area contributed by atoms with Crippen molar-refractivity contribution in [2.24, 2.45) is 0 Å². The number of rotatable bonds is 2. The van der Waals surface area contributed by atoms with Gasteiger partial charge in [-0.3, -0.25) is 0 Å². The van der Waals surface area contributed by atoms with Crippen LogP contribution in [0.4, 0.5) is 11.6 Å². The van der Waals surface area contributed by atoms with Gasteiger partial charge in [-0.05, 0) is 13.0 Å². The number of halogens is 2. The Morgan fingerprint density at radius 1 is 1.50 bits per heavy atom. The highest BCUT2D eigenvalue weighted by Gasteiger charge is 2.27. The van der Waals surface area contributed by atoms with Gasteiger partial charge in [0.15, 0.2) is 0 Å². The Balaban J connectivity index is 2.27. The Kier molecular flexibility index (Phi) is 4.17. The van der Waals surface area contributed by atoms with Gasteiger partial charge in [0.1, 0.15) is 11.6 Å². The van der Waals surface area contributed by atoms with Crippen LogP contribution in [0.25, 0.3) is 0 Å². The average molecular weight is 292 g/mol. The molecule has 2 rings (SSSR count). The molecule has 0 amide bonds. The second-order valence-electron chi connectivity index (χ2n) is 4.32. The molecule has 0 bridgehead atoms. The molecule has 2 heterocycles. The second-order valence-corrected chi connectivity index (χ2v) is 5.13. The largest absolute Gasteiger partial charge is 0.394 e. The standard InChI is InChI=1S/C11H15Cl2N3O2/c1-6-3-16(4-7(5-17)18-6)11-9(13)2-8(12)10(14)15-11/h2,6-7,17H,3-5H2,1H3,(H2,14,15). The van der Waals surface area contributed by atoms with Crippen molar-refractivity contribution in [2.45, 2.75) is 19.1 Å². The van der Waals surface area contributed by atoms with Gasteiger partial charge in [0, 0.05) is 13.1 Å². The minimum absolute atomic E-state index is 0.00864. The maximum Gasteiger partial charge on any atom is 0.150 e. The average Bonchev–Trinajstić information content (AvgIpc) is 2.33. The van der Waals surface area contributed by atoms with Crippen molar-refractivity contribution in [3.05, 3.63) is 16.1 Å². The summed E-state index contributed by atoms with van der Waals surface area (Å²) in [6, 6.07) is 1.58. The maximum absolute atomic E-state index is 9.19. The lowest BCUT2D eigenvalue weighted by Crippen LogP contribution is -2.48. The molecular formula is C11H15Cl2N3O2. The van der Waals surface area contributed by atoms with Crippen molar-refractivity contribution in [1.82, 2.24) is 4.98 Å². The number of nitrogen functional groups attached to an aromatic ring is 1. The van der Waals surface area contributed by atoms with Gasteiger partial charge in [-0.15, -0.1) is 0 Å². The van der Waals surface area contributed by atoms with E-state index < -0.39 is 0 Å². The molecule has 1 aromatic heterocycles. The lowest BCUT2D eigenvalue weighted by Gasteiger charge is -2.37. The van der Waals surface area contributed by atoms with Crippen LogP contribution in [0.15, 0.2) is 6.07 Å². The van der Waals surface area contributed by atoms with Crippen molar-refractivity contribution in [2.75, 3.05) is 30.3 Å². The molecule has 18 heavy (non-hydrogen) atoms. The van der Waals surface area contributed by atoms with E-state index in [1.807, 2.05) is 11.8 Å². The maximum atomic E-state index is 9.19. The summed E-state index contributed by atoms with van der Waals surface area (Å²) in [6.07, 6.45) is -0.255. The summed E-state index contributed by atoms with van der Waals surface area (Å²) in [4.78, 5) is 6.15. The normalized spacial score (nSPS) is 24.3. The molecule has 1 fully saturated rings. The lowest BCUT2D eigenvalue weighted by molar-refractivity contribution is -0.0422. The summed E-state index contributed by atoms with van der Waals surface area (Å²) < 4.78 is 5.56. The van der Waals surface area contributed by atoms with E-state index >= 15 is 0 Å². The van der Waals surface area contributed by atoms with Crippen LogP contribution in [0, 0.1) is 0 Å². The van der Waals surface area contributed by atoms with Gasteiger partial charge in [-0.2, -0.15) is 0 Å². The molecule has 0 spiro atoms. The summed E-state index contributed by atoms with van der Waals surface area (Å²) in [7, 11) is 0. The van der Waals surface area contributed by atoms with Crippen LogP contribution in [0.1, 0.15) is 6.92 Å². The number of pyridine rings is 1. The molecule has 1 saturated heterocycles. The van der Waals surface area contributed by atoms with E-state index in [1.54, 1.807) is 6.07 Å². The van der Waals surface area contributed by atoms with Crippen LogP contribution >= 0.6 is 23.2 Å². The molecule has 0 aromatic carbocycles. The van der Waals surface area contributed by atoms with Crippen LogP contribution in [0.2, 0.25) is 10.0 Å². The van der Waals surface area contributed by atoms with E-state index in [4.69, 9.17) is 33.7 Å². The summed E-state index contributed by atoms with van der Waals surface area (Å²) in [5, 5.41) is 9.97. The third-order valence-electron chi connectivity index (χ3n) is 2.77. The minimum Gasteiger partial charge on any atom is -0.394 e. The molecule has 1 aliphatic heterocycles. The molecule has 100 valence electrons. The summed E-state index contributed by atoms with van der Waals surface area (Å²) in [5.41, 5.74) is 5.69. The monoisotopic (exact) mass is 291 g/mol. The zero-order valence-electron chi connectivity index (χ0n) is 9.94. The van der Waals surface area contributed by atoms with E-state index in [0.29, 0.717) is 29.0 Å². The molecule has 1 aliphatic rings. The van der Waals surface area contributed by atoms with Gasteiger partial charge in [-0.1, -0.05) is 23.2 Å². The van der Waals surface area contributed by atoms with Crippen molar-refractivity contribution in [3.8, 4) is 0 Å². The predicted molar refractivity (Wildman–Crippen MR) is 72.3 cm³/mol. The molecule has 2 unspecified atom stereocenters. The number of morpholine rings is 1. The molecule has 0 aliphatic carbocycles. The fourth-order valence-electron chi connectivity index (χ4n) is 2.01. The Hall–Kier alpha value is -0.750. The highest BCUT2D eigenvalue weighted by Crippen LogP contribution is 2.31. The number of hydrogen-bond donors (Lipinski definition) is 2. The highest BCUT2D eigenvalue weighted by atomic mass is 35.5. The van der Waals surface area contributed by atoms with E-state index in [-0.39, 0.29) is 24.6 Å². The first-order valence-corrected chi connectivity index (χ1v) is 6.39. The first kappa shape index (κ1) is 13.7. The zero-order chi connectivity index (χ0) is 13.3. The Morgan fingerprint density at radius 2 is 2.22 bits per heavy atom. The number of aliphatic hydroxyl groups is 1. The molecule has 1 aromatic rings. The molecule has 0 radical (unpaired) electrons. The van der Waals surface area contributed by atoms with Crippen LogP contribution in [-0.4, -0.2) is 42.0 Å². The Morgan fingerprint density at radius 3 is 2.89 bits per heavy atom. The van der Waals surface area contributed by atoms with Gasteiger partial charge in [0.25, 0.3) is 0 Å². The zero-order valence-corrected chi connectivity index (χ0v) is 11.4. The predicted octanol–water partition coefficient (Wildman–Crippen LogP) is 1.56. The van der Waals surface area contributed by atoms with Gasteiger partial charge < -0.3 is 20.5 Å². The first-order valence-electron chi connectivity index (χ1n) is 5.64. The van der Waals surface area contributed by atoms with Gasteiger partial charge >= 0.3 is 0 Å². The number of nitrogens with zero attached hydrogens (tertiary/aromatic N) is 2. The summed E-state index contributed by atoms with van der Waals surface area (Å²) >= 11 is 12.0. The number of hydrogen-bond acceptors (Lipinski definition) is 5. The lowest BCUT2D eigenvalue weighted by atomic mass is 10.2. The van der Waals surface area contributed by atoms with Crippen LogP contribution in [-0.2, 0) is 4.74 Å². The van der Waals surface area contributed by atoms with Crippen LogP contribution < -0.4 is 10.6 Å². The number of nitrogens with two attached hydrogens (primary N) is 1. The van der Waals surface area contributed by atoms with Gasteiger partial charge in [-0.25, -0.2) is 4.98 Å². The van der Waals surface area contributed by atoms with E-state index in [1.165, 1.54) is 0 Å². The van der Waals surface area contributed by atoms with Crippen molar-refractivity contribution in [3.63, 3.8) is 0 Å². The number of anilines is 2. The van der Waals surface area contributed by atoms with Crippen molar-refractivity contribution < 1.29 is 9.84 Å². The Labute approximate surface area is 115 Å². The first-order chi connectivity index (χ1) is 8.51. The molecule has 2 atom stereocenters. The second kappa shape index (κ2) is 5.48. The van der Waals surface area contributed by atoms with E-state index in [2.05, 4.69) is 4.98 Å². The number of aromatic nitrogens is 1. The number of aliphatic hydroxyl groups excluding tert-OH is 1. The smallest absolute Gasteiger partial charge is 0.150 e. The molecule has 3 N–H and O–H groups in total. The van der Waals surface area contributed by atoms with E-state index in [9.17, 15) is 5.11 Å². The summed E-state index contributed by atoms with van der Waals surface area (Å²) in [6.45, 7) is 3.06. The molecular weight excluding hydrogens is 277 g/mol. The third-order valence-corrected chi connectivity index (χ3v) is 3.35. The molecule has 5 nitrogen and oxygen atoms in total. The van der Waals surface area contributed by atoms with Crippen molar-refractivity contribution in [1.29, 1.82) is 0 Å². The molecule has 0 saturated carbocycles. The van der Waals surface area contributed by atoms with Crippen molar-refractivity contribution >= 4 is 34.8 Å². The summed E-state index contributed by atoms with van der Waals surface area (Å²) in [5.74, 6) is 0.822.